The maximum atomic E-state index is 11.5. The van der Waals surface area contributed by atoms with Gasteiger partial charge in [-0.25, -0.2) is 4.98 Å². The van der Waals surface area contributed by atoms with Crippen LogP contribution in [0.5, 0.6) is 0 Å². The second-order valence-corrected chi connectivity index (χ2v) is 4.84. The summed E-state index contributed by atoms with van der Waals surface area (Å²) < 4.78 is 5.03. The largest absolute Gasteiger partial charge is 0.378 e. The molecule has 1 N–H and O–H groups in total. The molecule has 2 unspecified atom stereocenters. The van der Waals surface area contributed by atoms with Crippen LogP contribution in [0.3, 0.4) is 0 Å². The first-order valence-electron chi connectivity index (χ1n) is 6.32. The average molecular weight is 236 g/mol. The lowest BCUT2D eigenvalue weighted by atomic mass is 10.0. The number of nitrogens with one attached hydrogen (secondary N) is 1. The van der Waals surface area contributed by atoms with Crippen LogP contribution in [0.15, 0.2) is 10.9 Å². The molecule has 0 bridgehead atoms. The first-order chi connectivity index (χ1) is 8.22. The van der Waals surface area contributed by atoms with Crippen LogP contribution in [-0.4, -0.2) is 17.1 Å². The van der Waals surface area contributed by atoms with Gasteiger partial charge in [0.15, 0.2) is 0 Å². The van der Waals surface area contributed by atoms with Gasteiger partial charge in [0.05, 0.1) is 12.3 Å². The molecule has 0 amide bonds. The molecule has 4 nitrogen and oxygen atoms in total. The summed E-state index contributed by atoms with van der Waals surface area (Å²) in [5.41, 5.74) is 0.660. The molecule has 1 aliphatic carbocycles. The maximum Gasteiger partial charge on any atom is 0.251 e. The lowest BCUT2D eigenvalue weighted by Gasteiger charge is -2.10. The third-order valence-corrected chi connectivity index (χ3v) is 3.61. The Hall–Kier alpha value is -1.16. The second-order valence-electron chi connectivity index (χ2n) is 4.84. The highest BCUT2D eigenvalue weighted by Gasteiger charge is 2.26. The van der Waals surface area contributed by atoms with Crippen molar-refractivity contribution < 1.29 is 4.74 Å². The van der Waals surface area contributed by atoms with Crippen LogP contribution in [0.25, 0.3) is 0 Å². The van der Waals surface area contributed by atoms with Gasteiger partial charge < -0.3 is 9.72 Å². The van der Waals surface area contributed by atoms with Crippen LogP contribution in [0.4, 0.5) is 0 Å². The Labute approximate surface area is 101 Å². The zero-order valence-electron chi connectivity index (χ0n) is 10.5. The van der Waals surface area contributed by atoms with E-state index < -0.39 is 0 Å². The minimum Gasteiger partial charge on any atom is -0.378 e. The highest BCUT2D eigenvalue weighted by molar-refractivity contribution is 5.07. The summed E-state index contributed by atoms with van der Waals surface area (Å²) >= 11 is 0. The van der Waals surface area contributed by atoms with Crippen molar-refractivity contribution in [1.82, 2.24) is 9.97 Å². The van der Waals surface area contributed by atoms with E-state index in [0.29, 0.717) is 12.5 Å². The average Bonchev–Trinajstić information content (AvgIpc) is 2.77. The summed E-state index contributed by atoms with van der Waals surface area (Å²) in [6, 6.07) is 1.51. The Balaban J connectivity index is 2.18. The molecule has 4 heteroatoms. The van der Waals surface area contributed by atoms with E-state index in [2.05, 4.69) is 16.9 Å². The third kappa shape index (κ3) is 2.94. The van der Waals surface area contributed by atoms with Crippen LogP contribution in [-0.2, 0) is 11.3 Å². The molecule has 0 aromatic carbocycles. The fourth-order valence-electron chi connectivity index (χ4n) is 2.64. The van der Waals surface area contributed by atoms with Gasteiger partial charge in [-0.3, -0.25) is 4.79 Å². The summed E-state index contributed by atoms with van der Waals surface area (Å²) in [4.78, 5) is 18.9. The molecule has 2 atom stereocenters. The SMILES string of the molecule is CCC1CCC(c2nc(COC)cc(=O)[nH]2)C1. The lowest BCUT2D eigenvalue weighted by molar-refractivity contribution is 0.181. The summed E-state index contributed by atoms with van der Waals surface area (Å²) in [7, 11) is 1.62. The van der Waals surface area contributed by atoms with Crippen molar-refractivity contribution in [3.8, 4) is 0 Å². The molecule has 1 aromatic heterocycles. The van der Waals surface area contributed by atoms with Crippen LogP contribution >= 0.6 is 0 Å². The van der Waals surface area contributed by atoms with E-state index in [1.54, 1.807) is 7.11 Å². The van der Waals surface area contributed by atoms with Gasteiger partial charge in [-0.2, -0.15) is 0 Å². The van der Waals surface area contributed by atoms with E-state index in [1.165, 1.54) is 18.9 Å². The monoisotopic (exact) mass is 236 g/mol. The summed E-state index contributed by atoms with van der Waals surface area (Å²) in [5.74, 6) is 2.06. The Morgan fingerprint density at radius 3 is 3.00 bits per heavy atom. The zero-order chi connectivity index (χ0) is 12.3. The smallest absolute Gasteiger partial charge is 0.251 e. The van der Waals surface area contributed by atoms with E-state index >= 15 is 0 Å². The number of ether oxygens (including phenoxy) is 1. The van der Waals surface area contributed by atoms with Crippen molar-refractivity contribution >= 4 is 0 Å². The number of hydrogen-bond donors (Lipinski definition) is 1. The molecule has 17 heavy (non-hydrogen) atoms. The van der Waals surface area contributed by atoms with Crippen LogP contribution in [0.1, 0.15) is 50.0 Å². The highest BCUT2D eigenvalue weighted by atomic mass is 16.5. The number of aromatic amines is 1. The fourth-order valence-corrected chi connectivity index (χ4v) is 2.64. The molecular formula is C13H20N2O2. The standard InChI is InChI=1S/C13H20N2O2/c1-3-9-4-5-10(6-9)13-14-11(8-17-2)7-12(16)15-13/h7,9-10H,3-6,8H2,1-2H3,(H,14,15,16). The van der Waals surface area contributed by atoms with Crippen LogP contribution in [0.2, 0.25) is 0 Å². The fraction of sp³-hybridized carbons (Fsp3) is 0.692. The van der Waals surface area contributed by atoms with E-state index in [4.69, 9.17) is 4.74 Å². The first-order valence-corrected chi connectivity index (χ1v) is 6.32. The minimum absolute atomic E-state index is 0.0676. The van der Waals surface area contributed by atoms with Crippen molar-refractivity contribution in [2.75, 3.05) is 7.11 Å². The summed E-state index contributed by atoms with van der Waals surface area (Å²) in [6.45, 7) is 2.63. The van der Waals surface area contributed by atoms with E-state index in [1.807, 2.05) is 0 Å². The minimum atomic E-state index is -0.0676. The van der Waals surface area contributed by atoms with Crippen LogP contribution in [0, 0.1) is 5.92 Å². The Morgan fingerprint density at radius 2 is 2.35 bits per heavy atom. The van der Waals surface area contributed by atoms with Gasteiger partial charge >= 0.3 is 0 Å². The zero-order valence-corrected chi connectivity index (χ0v) is 10.5. The van der Waals surface area contributed by atoms with Crippen molar-refractivity contribution in [3.63, 3.8) is 0 Å². The van der Waals surface area contributed by atoms with E-state index in [-0.39, 0.29) is 5.56 Å². The first kappa shape index (κ1) is 12.3. The highest BCUT2D eigenvalue weighted by Crippen LogP contribution is 2.37. The molecule has 1 aliphatic rings. The number of methoxy groups -OCH3 is 1. The molecular weight excluding hydrogens is 216 g/mol. The predicted molar refractivity (Wildman–Crippen MR) is 65.9 cm³/mol. The van der Waals surface area contributed by atoms with Gasteiger partial charge in [0.25, 0.3) is 5.56 Å². The third-order valence-electron chi connectivity index (χ3n) is 3.61. The topological polar surface area (TPSA) is 55.0 Å². The Morgan fingerprint density at radius 1 is 1.53 bits per heavy atom. The number of rotatable bonds is 4. The number of aromatic nitrogens is 2. The lowest BCUT2D eigenvalue weighted by Crippen LogP contribution is -2.15. The summed E-state index contributed by atoms with van der Waals surface area (Å²) in [5, 5.41) is 0. The van der Waals surface area contributed by atoms with E-state index in [9.17, 15) is 4.79 Å². The molecule has 0 aliphatic heterocycles. The van der Waals surface area contributed by atoms with Crippen molar-refractivity contribution in [2.45, 2.75) is 45.1 Å². The molecule has 0 radical (unpaired) electrons. The van der Waals surface area contributed by atoms with Gasteiger partial charge in [-0.05, 0) is 25.2 Å². The Bertz CT molecular complexity index is 428. The normalized spacial score (nSPS) is 24.1. The van der Waals surface area contributed by atoms with Gasteiger partial charge in [0.1, 0.15) is 5.82 Å². The van der Waals surface area contributed by atoms with E-state index in [0.717, 1.165) is 30.3 Å². The van der Waals surface area contributed by atoms with Gasteiger partial charge in [-0.1, -0.05) is 13.3 Å². The molecule has 1 aromatic rings. The molecule has 1 heterocycles. The van der Waals surface area contributed by atoms with Crippen molar-refractivity contribution in [2.24, 2.45) is 5.92 Å². The Kier molecular flexibility index (Phi) is 3.94. The number of H-pyrrole nitrogens is 1. The van der Waals surface area contributed by atoms with Gasteiger partial charge in [-0.15, -0.1) is 0 Å². The van der Waals surface area contributed by atoms with Gasteiger partial charge in [0.2, 0.25) is 0 Å². The molecule has 0 saturated heterocycles. The second kappa shape index (κ2) is 5.45. The molecule has 0 spiro atoms. The molecule has 1 fully saturated rings. The predicted octanol–water partition coefficient (Wildman–Crippen LogP) is 2.21. The van der Waals surface area contributed by atoms with Crippen molar-refractivity contribution in [1.29, 1.82) is 0 Å². The number of hydrogen-bond acceptors (Lipinski definition) is 3. The number of nitrogens with zero attached hydrogens (tertiary/aromatic N) is 1. The molecule has 1 saturated carbocycles. The van der Waals surface area contributed by atoms with Crippen LogP contribution < -0.4 is 5.56 Å². The van der Waals surface area contributed by atoms with Crippen molar-refractivity contribution in [3.05, 3.63) is 27.9 Å². The maximum absolute atomic E-state index is 11.5. The quantitative estimate of drug-likeness (QED) is 0.872. The molecule has 2 rings (SSSR count). The summed E-state index contributed by atoms with van der Waals surface area (Å²) in [6.07, 6.45) is 4.76. The van der Waals surface area contributed by atoms with Gasteiger partial charge in [0, 0.05) is 19.1 Å². The molecule has 94 valence electrons.